The molecule has 0 aliphatic heterocycles. The summed E-state index contributed by atoms with van der Waals surface area (Å²) in [6.45, 7) is 8.21. The highest BCUT2D eigenvalue weighted by Crippen LogP contribution is 2.24. The van der Waals surface area contributed by atoms with Gasteiger partial charge in [-0.15, -0.1) is 0 Å². The van der Waals surface area contributed by atoms with Crippen molar-refractivity contribution >= 4 is 21.4 Å². The van der Waals surface area contributed by atoms with Crippen molar-refractivity contribution in [1.29, 1.82) is 0 Å². The number of hydrogen-bond donors (Lipinski definition) is 2. The maximum absolute atomic E-state index is 12.6. The van der Waals surface area contributed by atoms with E-state index in [4.69, 9.17) is 0 Å². The molecule has 0 amide bonds. The third-order valence-electron chi connectivity index (χ3n) is 4.28. The summed E-state index contributed by atoms with van der Waals surface area (Å²) in [5, 5.41) is 3.34. The molecule has 0 fully saturated rings. The number of rotatable bonds is 8. The molecule has 0 saturated heterocycles. The van der Waals surface area contributed by atoms with Gasteiger partial charge in [0, 0.05) is 17.9 Å². The van der Waals surface area contributed by atoms with Crippen LogP contribution in [-0.2, 0) is 15.4 Å². The Morgan fingerprint density at radius 1 is 0.889 bits per heavy atom. The van der Waals surface area contributed by atoms with Gasteiger partial charge in [0.25, 0.3) is 10.0 Å². The number of sulfonamides is 1. The summed E-state index contributed by atoms with van der Waals surface area (Å²) in [6, 6.07) is 14.4. The van der Waals surface area contributed by atoms with Crippen LogP contribution in [0.4, 0.5) is 11.4 Å². The minimum atomic E-state index is -3.59. The highest BCUT2D eigenvalue weighted by molar-refractivity contribution is 7.92. The summed E-state index contributed by atoms with van der Waals surface area (Å²) in [7, 11) is 0.511. The first kappa shape index (κ1) is 21.3. The van der Waals surface area contributed by atoms with Gasteiger partial charge in [-0.2, -0.15) is 0 Å². The van der Waals surface area contributed by atoms with Crippen LogP contribution in [0.2, 0.25) is 0 Å². The summed E-state index contributed by atoms with van der Waals surface area (Å²) >= 11 is 0. The third kappa shape index (κ3) is 6.56. The Labute approximate surface area is 163 Å². The first-order chi connectivity index (χ1) is 12.6. The van der Waals surface area contributed by atoms with Crippen molar-refractivity contribution < 1.29 is 8.42 Å². The van der Waals surface area contributed by atoms with Crippen molar-refractivity contribution in [2.75, 3.05) is 37.2 Å². The second kappa shape index (κ2) is 8.76. The number of nitrogens with zero attached hydrogens (tertiary/aromatic N) is 1. The molecule has 0 radical (unpaired) electrons. The number of nitrogens with one attached hydrogen (secondary N) is 2. The van der Waals surface area contributed by atoms with Crippen LogP contribution in [0.1, 0.15) is 32.8 Å². The zero-order valence-electron chi connectivity index (χ0n) is 16.9. The summed E-state index contributed by atoms with van der Waals surface area (Å²) in [5.74, 6) is 0. The topological polar surface area (TPSA) is 61.4 Å². The van der Waals surface area contributed by atoms with E-state index in [0.717, 1.165) is 30.8 Å². The zero-order chi connectivity index (χ0) is 20.1. The van der Waals surface area contributed by atoms with Crippen LogP contribution in [0.3, 0.4) is 0 Å². The molecule has 27 heavy (non-hydrogen) atoms. The molecule has 2 aromatic rings. The molecular weight excluding hydrogens is 358 g/mol. The van der Waals surface area contributed by atoms with Gasteiger partial charge in [0.2, 0.25) is 0 Å². The van der Waals surface area contributed by atoms with Crippen LogP contribution < -0.4 is 10.0 Å². The maximum atomic E-state index is 12.6. The normalized spacial score (nSPS) is 12.2. The van der Waals surface area contributed by atoms with Gasteiger partial charge in [-0.25, -0.2) is 8.42 Å². The van der Waals surface area contributed by atoms with E-state index in [1.165, 1.54) is 0 Å². The Bertz CT molecular complexity index is 821. The van der Waals surface area contributed by atoms with E-state index < -0.39 is 10.0 Å². The lowest BCUT2D eigenvalue weighted by Gasteiger charge is -2.19. The predicted octanol–water partition coefficient (Wildman–Crippen LogP) is 4.15. The van der Waals surface area contributed by atoms with E-state index in [1.54, 1.807) is 24.3 Å². The summed E-state index contributed by atoms with van der Waals surface area (Å²) in [5.41, 5.74) is 2.62. The van der Waals surface area contributed by atoms with Crippen LogP contribution in [0, 0.1) is 0 Å². The molecule has 6 heteroatoms. The fourth-order valence-corrected chi connectivity index (χ4v) is 3.69. The molecule has 5 nitrogen and oxygen atoms in total. The SMILES string of the molecule is CN(C)CCCNc1ccc(NS(=O)(=O)c2ccc(C(C)(C)C)cc2)cc1. The van der Waals surface area contributed by atoms with Crippen LogP contribution in [0.25, 0.3) is 0 Å². The molecule has 0 saturated carbocycles. The third-order valence-corrected chi connectivity index (χ3v) is 5.68. The van der Waals surface area contributed by atoms with Crippen molar-refractivity contribution in [3.8, 4) is 0 Å². The van der Waals surface area contributed by atoms with Gasteiger partial charge >= 0.3 is 0 Å². The molecule has 0 aromatic heterocycles. The molecule has 0 atom stereocenters. The average Bonchev–Trinajstić information content (AvgIpc) is 2.59. The lowest BCUT2D eigenvalue weighted by atomic mass is 9.87. The monoisotopic (exact) mass is 389 g/mol. The van der Waals surface area contributed by atoms with Gasteiger partial charge in [0.05, 0.1) is 4.90 Å². The van der Waals surface area contributed by atoms with Crippen LogP contribution in [0.5, 0.6) is 0 Å². The Balaban J connectivity index is 1.99. The van der Waals surface area contributed by atoms with Crippen molar-refractivity contribution in [2.45, 2.75) is 37.5 Å². The molecule has 0 aliphatic carbocycles. The van der Waals surface area contributed by atoms with E-state index in [1.807, 2.05) is 24.3 Å². The second-order valence-corrected chi connectivity index (χ2v) is 9.72. The Kier molecular flexibility index (Phi) is 6.89. The van der Waals surface area contributed by atoms with Crippen LogP contribution in [-0.4, -0.2) is 40.5 Å². The van der Waals surface area contributed by atoms with Crippen LogP contribution >= 0.6 is 0 Å². The van der Waals surface area contributed by atoms with Crippen molar-refractivity contribution in [3.63, 3.8) is 0 Å². The molecule has 0 heterocycles. The zero-order valence-corrected chi connectivity index (χ0v) is 17.7. The molecule has 2 aromatic carbocycles. The first-order valence-corrected chi connectivity index (χ1v) is 10.7. The fourth-order valence-electron chi connectivity index (χ4n) is 2.63. The number of benzene rings is 2. The number of hydrogen-bond acceptors (Lipinski definition) is 4. The summed E-state index contributed by atoms with van der Waals surface area (Å²) in [6.07, 6.45) is 1.05. The van der Waals surface area contributed by atoms with Crippen molar-refractivity contribution in [1.82, 2.24) is 4.90 Å². The molecule has 2 N–H and O–H groups in total. The molecule has 0 bridgehead atoms. The van der Waals surface area contributed by atoms with Gasteiger partial charge in [0.1, 0.15) is 0 Å². The van der Waals surface area contributed by atoms with Gasteiger partial charge in [-0.05, 0) is 74.4 Å². The van der Waals surface area contributed by atoms with Crippen molar-refractivity contribution in [3.05, 3.63) is 54.1 Å². The van der Waals surface area contributed by atoms with E-state index in [0.29, 0.717) is 5.69 Å². The largest absolute Gasteiger partial charge is 0.385 e. The lowest BCUT2D eigenvalue weighted by Crippen LogP contribution is -2.16. The second-order valence-electron chi connectivity index (χ2n) is 8.04. The standard InChI is InChI=1S/C21H31N3O2S/c1-21(2,3)17-7-13-20(14-8-17)27(25,26)23-19-11-9-18(10-12-19)22-15-6-16-24(4)5/h7-14,22-23H,6,15-16H2,1-5H3. The molecular formula is C21H31N3O2S. The molecule has 0 unspecified atom stereocenters. The summed E-state index contributed by atoms with van der Waals surface area (Å²) < 4.78 is 27.8. The molecule has 0 spiro atoms. The van der Waals surface area contributed by atoms with E-state index >= 15 is 0 Å². The molecule has 2 rings (SSSR count). The average molecular weight is 390 g/mol. The van der Waals surface area contributed by atoms with Gasteiger partial charge in [0.15, 0.2) is 0 Å². The highest BCUT2D eigenvalue weighted by Gasteiger charge is 2.17. The molecule has 148 valence electrons. The maximum Gasteiger partial charge on any atom is 0.261 e. The Hall–Kier alpha value is -2.05. The molecule has 0 aliphatic rings. The Morgan fingerprint density at radius 2 is 1.44 bits per heavy atom. The summed E-state index contributed by atoms with van der Waals surface area (Å²) in [4.78, 5) is 2.41. The predicted molar refractivity (Wildman–Crippen MR) is 114 cm³/mol. The smallest absolute Gasteiger partial charge is 0.261 e. The first-order valence-electron chi connectivity index (χ1n) is 9.20. The van der Waals surface area contributed by atoms with E-state index in [-0.39, 0.29) is 10.3 Å². The van der Waals surface area contributed by atoms with Gasteiger partial charge in [-0.3, -0.25) is 4.72 Å². The minimum Gasteiger partial charge on any atom is -0.385 e. The Morgan fingerprint density at radius 3 is 1.96 bits per heavy atom. The fraction of sp³-hybridized carbons (Fsp3) is 0.429. The van der Waals surface area contributed by atoms with Crippen molar-refractivity contribution in [2.24, 2.45) is 0 Å². The van der Waals surface area contributed by atoms with Gasteiger partial charge in [-0.1, -0.05) is 32.9 Å². The van der Waals surface area contributed by atoms with E-state index in [9.17, 15) is 8.42 Å². The minimum absolute atomic E-state index is 0.00883. The van der Waals surface area contributed by atoms with E-state index in [2.05, 4.69) is 49.8 Å². The van der Waals surface area contributed by atoms with Crippen LogP contribution in [0.15, 0.2) is 53.4 Å². The highest BCUT2D eigenvalue weighted by atomic mass is 32.2. The lowest BCUT2D eigenvalue weighted by molar-refractivity contribution is 0.405. The number of anilines is 2. The van der Waals surface area contributed by atoms with Gasteiger partial charge < -0.3 is 10.2 Å². The quantitative estimate of drug-likeness (QED) is 0.666.